The van der Waals surface area contributed by atoms with Gasteiger partial charge in [-0.15, -0.1) is 5.10 Å². The van der Waals surface area contributed by atoms with Crippen LogP contribution in [0.4, 0.5) is 17.2 Å². The van der Waals surface area contributed by atoms with Crippen molar-refractivity contribution in [3.8, 4) is 0 Å². The van der Waals surface area contributed by atoms with Gasteiger partial charge in [-0.05, 0) is 42.3 Å². The molecule has 1 aromatic heterocycles. The minimum atomic E-state index is -3.75. The summed E-state index contributed by atoms with van der Waals surface area (Å²) in [5.74, 6) is 0.252. The van der Waals surface area contributed by atoms with Gasteiger partial charge in [0.05, 0.1) is 33.6 Å². The van der Waals surface area contributed by atoms with Crippen molar-refractivity contribution in [1.82, 2.24) is 14.5 Å². The number of sulfonamides is 2. The lowest BCUT2D eigenvalue weighted by Gasteiger charge is -2.34. The number of benzene rings is 2. The molecule has 1 saturated heterocycles. The third-order valence-electron chi connectivity index (χ3n) is 6.97. The van der Waals surface area contributed by atoms with Crippen molar-refractivity contribution >= 4 is 54.7 Å². The first-order valence-corrected chi connectivity index (χ1v) is 15.8. The van der Waals surface area contributed by atoms with E-state index in [1.54, 1.807) is 47.4 Å². The molecular weight excluding hydrogens is 564 g/mol. The quantitative estimate of drug-likeness (QED) is 0.428. The summed E-state index contributed by atoms with van der Waals surface area (Å²) in [6, 6.07) is 13.0. The molecule has 1 amide bonds. The molecule has 0 saturated carbocycles. The summed E-state index contributed by atoms with van der Waals surface area (Å²) in [4.78, 5) is 17.2. The van der Waals surface area contributed by atoms with E-state index in [-0.39, 0.29) is 35.1 Å². The SMILES string of the molecule is CN(c1ccccc1C(=O)N1CCc2cc(S(=O)(=O)N3CCN(c4cc(Cl)cnn4)CC3)ccc21)S(C)(=O)=O. The number of hydrogen-bond acceptors (Lipinski definition) is 8. The van der Waals surface area contributed by atoms with Gasteiger partial charge >= 0.3 is 0 Å². The zero-order valence-corrected chi connectivity index (χ0v) is 23.7. The van der Waals surface area contributed by atoms with E-state index < -0.39 is 20.0 Å². The number of fused-ring (bicyclic) bond motifs is 1. The average molecular weight is 591 g/mol. The maximum atomic E-state index is 13.5. The molecule has 3 heterocycles. The fourth-order valence-corrected chi connectivity index (χ4v) is 6.93. The molecule has 5 rings (SSSR count). The largest absolute Gasteiger partial charge is 0.352 e. The van der Waals surface area contributed by atoms with Gasteiger partial charge in [-0.3, -0.25) is 9.10 Å². The molecule has 0 aliphatic carbocycles. The highest BCUT2D eigenvalue weighted by molar-refractivity contribution is 7.92. The first-order valence-electron chi connectivity index (χ1n) is 12.2. The minimum absolute atomic E-state index is 0.170. The number of amides is 1. The van der Waals surface area contributed by atoms with Gasteiger partial charge in [0, 0.05) is 51.5 Å². The third-order valence-corrected chi connectivity index (χ3v) is 10.3. The van der Waals surface area contributed by atoms with E-state index in [1.165, 1.54) is 23.6 Å². The lowest BCUT2D eigenvalue weighted by atomic mass is 10.1. The number of aromatic nitrogens is 2. The van der Waals surface area contributed by atoms with Gasteiger partial charge in [0.2, 0.25) is 20.0 Å². The fourth-order valence-electron chi connectivity index (χ4n) is 4.80. The van der Waals surface area contributed by atoms with Crippen molar-refractivity contribution in [3.63, 3.8) is 0 Å². The van der Waals surface area contributed by atoms with Crippen LogP contribution in [0.15, 0.2) is 59.6 Å². The Kier molecular flexibility index (Phi) is 7.27. The van der Waals surface area contributed by atoms with E-state index >= 15 is 0 Å². The third kappa shape index (κ3) is 5.31. The highest BCUT2D eigenvalue weighted by atomic mass is 35.5. The van der Waals surface area contributed by atoms with Crippen molar-refractivity contribution in [2.75, 3.05) is 60.1 Å². The van der Waals surface area contributed by atoms with Crippen LogP contribution in [-0.4, -0.2) is 83.3 Å². The Morgan fingerprint density at radius 3 is 2.38 bits per heavy atom. The summed E-state index contributed by atoms with van der Waals surface area (Å²) in [6.07, 6.45) is 3.00. The lowest BCUT2D eigenvalue weighted by Crippen LogP contribution is -2.49. The van der Waals surface area contributed by atoms with Gasteiger partial charge in [-0.25, -0.2) is 16.8 Å². The van der Waals surface area contributed by atoms with Gasteiger partial charge in [0.15, 0.2) is 5.82 Å². The second-order valence-electron chi connectivity index (χ2n) is 9.37. The highest BCUT2D eigenvalue weighted by Crippen LogP contribution is 2.34. The molecule has 2 aliphatic heterocycles. The first kappa shape index (κ1) is 27.3. The molecular formula is C25H27ClN6O5S2. The van der Waals surface area contributed by atoms with Gasteiger partial charge in [0.1, 0.15) is 0 Å². The Morgan fingerprint density at radius 2 is 1.69 bits per heavy atom. The van der Waals surface area contributed by atoms with Crippen molar-refractivity contribution in [2.24, 2.45) is 0 Å². The number of para-hydroxylation sites is 1. The first-order chi connectivity index (χ1) is 18.5. The average Bonchev–Trinajstić information content (AvgIpc) is 3.35. The zero-order chi connectivity index (χ0) is 27.9. The Labute approximate surface area is 232 Å². The molecule has 14 heteroatoms. The van der Waals surface area contributed by atoms with Crippen LogP contribution in [-0.2, 0) is 26.5 Å². The molecule has 2 aromatic carbocycles. The van der Waals surface area contributed by atoms with Crippen LogP contribution in [0.25, 0.3) is 0 Å². The molecule has 39 heavy (non-hydrogen) atoms. The van der Waals surface area contributed by atoms with Gasteiger partial charge < -0.3 is 9.80 Å². The minimum Gasteiger partial charge on any atom is -0.352 e. The lowest BCUT2D eigenvalue weighted by molar-refractivity contribution is 0.0990. The summed E-state index contributed by atoms with van der Waals surface area (Å²) >= 11 is 6.01. The number of nitrogens with zero attached hydrogens (tertiary/aromatic N) is 6. The monoisotopic (exact) mass is 590 g/mol. The molecule has 0 radical (unpaired) electrons. The molecule has 1 fully saturated rings. The number of halogens is 1. The van der Waals surface area contributed by atoms with E-state index in [0.717, 1.165) is 16.1 Å². The summed E-state index contributed by atoms with van der Waals surface area (Å²) in [5.41, 5.74) is 1.88. The number of piperazine rings is 1. The van der Waals surface area contributed by atoms with E-state index in [2.05, 4.69) is 10.2 Å². The van der Waals surface area contributed by atoms with E-state index in [9.17, 15) is 21.6 Å². The number of carbonyl (C=O) groups is 1. The van der Waals surface area contributed by atoms with Crippen LogP contribution in [0, 0.1) is 0 Å². The second kappa shape index (κ2) is 10.4. The Morgan fingerprint density at radius 1 is 0.974 bits per heavy atom. The highest BCUT2D eigenvalue weighted by Gasteiger charge is 2.33. The van der Waals surface area contributed by atoms with E-state index in [1.807, 2.05) is 4.90 Å². The Hall–Kier alpha value is -3.26. The second-order valence-corrected chi connectivity index (χ2v) is 13.8. The van der Waals surface area contributed by atoms with Crippen LogP contribution >= 0.6 is 11.6 Å². The molecule has 206 valence electrons. The molecule has 3 aromatic rings. The zero-order valence-electron chi connectivity index (χ0n) is 21.4. The van der Waals surface area contributed by atoms with Crippen molar-refractivity contribution in [1.29, 1.82) is 0 Å². The molecule has 0 bridgehead atoms. The van der Waals surface area contributed by atoms with Crippen molar-refractivity contribution in [2.45, 2.75) is 11.3 Å². The van der Waals surface area contributed by atoms with E-state index in [0.29, 0.717) is 42.6 Å². The van der Waals surface area contributed by atoms with Gasteiger partial charge in [0.25, 0.3) is 5.91 Å². The predicted octanol–water partition coefficient (Wildman–Crippen LogP) is 2.24. The molecule has 11 nitrogen and oxygen atoms in total. The maximum Gasteiger partial charge on any atom is 0.260 e. The topological polar surface area (TPSA) is 124 Å². The summed E-state index contributed by atoms with van der Waals surface area (Å²) in [7, 11) is -5.93. The Balaban J connectivity index is 1.34. The standard InChI is InChI=1S/C25H27ClN6O5S2/c1-29(38(2,34)35)23-6-4-3-5-21(23)25(33)32-10-9-18-15-20(7-8-22(18)32)39(36,37)31-13-11-30(12-14-31)24-16-19(26)17-27-28-24/h3-8,15-17H,9-14H2,1-2H3. The summed E-state index contributed by atoms with van der Waals surface area (Å²) < 4.78 is 53.7. The van der Waals surface area contributed by atoms with Crippen LogP contribution < -0.4 is 14.1 Å². The van der Waals surface area contributed by atoms with Crippen LogP contribution in [0.1, 0.15) is 15.9 Å². The van der Waals surface area contributed by atoms with Crippen LogP contribution in [0.3, 0.4) is 0 Å². The number of anilines is 3. The molecule has 0 unspecified atom stereocenters. The van der Waals surface area contributed by atoms with Crippen molar-refractivity contribution in [3.05, 3.63) is 70.9 Å². The van der Waals surface area contributed by atoms with Gasteiger partial charge in [-0.2, -0.15) is 9.40 Å². The molecule has 0 spiro atoms. The van der Waals surface area contributed by atoms with E-state index in [4.69, 9.17) is 11.6 Å². The number of hydrogen-bond donors (Lipinski definition) is 0. The Bertz CT molecular complexity index is 1640. The number of rotatable bonds is 6. The van der Waals surface area contributed by atoms with Crippen LogP contribution in [0.2, 0.25) is 5.02 Å². The normalized spacial score (nSPS) is 16.3. The van der Waals surface area contributed by atoms with Crippen molar-refractivity contribution < 1.29 is 21.6 Å². The molecule has 2 aliphatic rings. The van der Waals surface area contributed by atoms with Crippen LogP contribution in [0.5, 0.6) is 0 Å². The summed E-state index contributed by atoms with van der Waals surface area (Å²) in [5, 5.41) is 8.40. The number of carbonyl (C=O) groups excluding carboxylic acids is 1. The molecule has 0 atom stereocenters. The fraction of sp³-hybridized carbons (Fsp3) is 0.320. The molecule has 0 N–H and O–H groups in total. The summed E-state index contributed by atoms with van der Waals surface area (Å²) in [6.45, 7) is 1.81. The van der Waals surface area contributed by atoms with Gasteiger partial charge in [-0.1, -0.05) is 23.7 Å². The maximum absolute atomic E-state index is 13.5. The predicted molar refractivity (Wildman–Crippen MR) is 150 cm³/mol. The smallest absolute Gasteiger partial charge is 0.260 e.